The third-order valence-corrected chi connectivity index (χ3v) is 4.66. The van der Waals surface area contributed by atoms with Crippen LogP contribution in [0.25, 0.3) is 16.3 Å². The van der Waals surface area contributed by atoms with Crippen molar-refractivity contribution in [2.75, 3.05) is 0 Å². The van der Waals surface area contributed by atoms with Gasteiger partial charge in [-0.2, -0.15) is 0 Å². The molecule has 0 aliphatic heterocycles. The number of thiazole rings is 1. The summed E-state index contributed by atoms with van der Waals surface area (Å²) >= 11 is 1.54. The number of benzene rings is 2. The number of aliphatic imine (C=N–C) groups is 1. The van der Waals surface area contributed by atoms with Crippen molar-refractivity contribution in [1.82, 2.24) is 4.98 Å². The van der Waals surface area contributed by atoms with Gasteiger partial charge >= 0.3 is 0 Å². The zero-order valence-electron chi connectivity index (χ0n) is 14.5. The maximum atomic E-state index is 13.1. The van der Waals surface area contributed by atoms with E-state index in [0.29, 0.717) is 0 Å². The molecule has 25 heavy (non-hydrogen) atoms. The van der Waals surface area contributed by atoms with E-state index in [1.54, 1.807) is 12.1 Å². The first-order chi connectivity index (χ1) is 12.0. The van der Waals surface area contributed by atoms with Crippen LogP contribution in [-0.2, 0) is 0 Å². The molecule has 2 aromatic carbocycles. The minimum absolute atomic E-state index is 0.241. The third-order valence-electron chi connectivity index (χ3n) is 3.77. The molecule has 126 valence electrons. The highest BCUT2D eigenvalue weighted by Gasteiger charge is 2.09. The number of aromatic nitrogens is 1. The Hall–Kier alpha value is -2.59. The minimum Gasteiger partial charge on any atom is -0.251 e. The van der Waals surface area contributed by atoms with Gasteiger partial charge in [0.05, 0.1) is 17.1 Å². The number of allylic oxidation sites excluding steroid dienone is 1. The highest BCUT2D eigenvalue weighted by Crippen LogP contribution is 2.26. The molecule has 0 spiro atoms. The summed E-state index contributed by atoms with van der Waals surface area (Å²) in [5, 5.41) is 2.86. The van der Waals surface area contributed by atoms with Crippen molar-refractivity contribution >= 4 is 22.7 Å². The first-order valence-corrected chi connectivity index (χ1v) is 8.92. The van der Waals surface area contributed by atoms with Crippen LogP contribution >= 0.6 is 11.3 Å². The maximum Gasteiger partial charge on any atom is 0.124 e. The Balaban J connectivity index is 1.92. The first kappa shape index (κ1) is 17.2. The van der Waals surface area contributed by atoms with Crippen molar-refractivity contribution in [3.8, 4) is 10.6 Å². The molecule has 4 heteroatoms. The number of hydrogen-bond donors (Lipinski definition) is 0. The average Bonchev–Trinajstić information content (AvgIpc) is 3.11. The molecule has 0 N–H and O–H groups in total. The zero-order chi connectivity index (χ0) is 17.8. The van der Waals surface area contributed by atoms with E-state index in [1.807, 2.05) is 30.5 Å². The SMILES string of the molecule is CC(=NC(=C(C)C)c1ccccc1)c1csc(-c2ccc(F)cc2)n1. The number of rotatable bonds is 4. The van der Waals surface area contributed by atoms with Gasteiger partial charge in [0.25, 0.3) is 0 Å². The lowest BCUT2D eigenvalue weighted by Crippen LogP contribution is -1.97. The second-order valence-electron chi connectivity index (χ2n) is 5.96. The van der Waals surface area contributed by atoms with Crippen LogP contribution in [0.4, 0.5) is 4.39 Å². The van der Waals surface area contributed by atoms with Crippen LogP contribution < -0.4 is 0 Å². The van der Waals surface area contributed by atoms with E-state index in [9.17, 15) is 4.39 Å². The Labute approximate surface area is 151 Å². The molecule has 0 saturated carbocycles. The van der Waals surface area contributed by atoms with E-state index in [1.165, 1.54) is 23.5 Å². The molecular formula is C21H19FN2S. The van der Waals surface area contributed by atoms with Crippen LogP contribution in [0.5, 0.6) is 0 Å². The maximum absolute atomic E-state index is 13.1. The van der Waals surface area contributed by atoms with E-state index in [2.05, 4.69) is 31.0 Å². The molecule has 3 rings (SSSR count). The zero-order valence-corrected chi connectivity index (χ0v) is 15.3. The van der Waals surface area contributed by atoms with Crippen LogP contribution in [0.15, 0.2) is 70.5 Å². The molecule has 0 atom stereocenters. The van der Waals surface area contributed by atoms with Gasteiger partial charge in [-0.1, -0.05) is 35.9 Å². The molecule has 0 aliphatic carbocycles. The lowest BCUT2D eigenvalue weighted by molar-refractivity contribution is 0.628. The molecule has 1 heterocycles. The van der Waals surface area contributed by atoms with Gasteiger partial charge in [0.15, 0.2) is 0 Å². The van der Waals surface area contributed by atoms with Crippen LogP contribution in [0.1, 0.15) is 32.0 Å². The quantitative estimate of drug-likeness (QED) is 0.514. The van der Waals surface area contributed by atoms with Crippen LogP contribution in [0.2, 0.25) is 0 Å². The Morgan fingerprint density at radius 1 is 0.960 bits per heavy atom. The fourth-order valence-electron chi connectivity index (χ4n) is 2.45. The predicted octanol–water partition coefficient (Wildman–Crippen LogP) is 6.21. The van der Waals surface area contributed by atoms with Gasteiger partial charge in [-0.05, 0) is 45.0 Å². The van der Waals surface area contributed by atoms with Crippen molar-refractivity contribution < 1.29 is 4.39 Å². The minimum atomic E-state index is -0.241. The lowest BCUT2D eigenvalue weighted by atomic mass is 10.1. The molecule has 1 aromatic heterocycles. The molecule has 0 amide bonds. The molecule has 0 radical (unpaired) electrons. The summed E-state index contributed by atoms with van der Waals surface area (Å²) in [6, 6.07) is 16.5. The van der Waals surface area contributed by atoms with E-state index in [-0.39, 0.29) is 5.82 Å². The topological polar surface area (TPSA) is 25.2 Å². The summed E-state index contributed by atoms with van der Waals surface area (Å²) in [4.78, 5) is 9.48. The molecule has 0 fully saturated rings. The fourth-order valence-corrected chi connectivity index (χ4v) is 3.32. The largest absolute Gasteiger partial charge is 0.251 e. The van der Waals surface area contributed by atoms with Gasteiger partial charge < -0.3 is 0 Å². The summed E-state index contributed by atoms with van der Waals surface area (Å²) < 4.78 is 13.1. The van der Waals surface area contributed by atoms with Gasteiger partial charge in [0, 0.05) is 16.5 Å². The van der Waals surface area contributed by atoms with Crippen molar-refractivity contribution in [3.63, 3.8) is 0 Å². The average molecular weight is 350 g/mol. The molecular weight excluding hydrogens is 331 g/mol. The lowest BCUT2D eigenvalue weighted by Gasteiger charge is -2.06. The first-order valence-electron chi connectivity index (χ1n) is 8.04. The molecule has 0 unspecified atom stereocenters. The summed E-state index contributed by atoms with van der Waals surface area (Å²) in [5.74, 6) is -0.241. The van der Waals surface area contributed by atoms with Gasteiger partial charge in [0.2, 0.25) is 0 Å². The third kappa shape index (κ3) is 4.09. The van der Waals surface area contributed by atoms with Crippen LogP contribution in [0, 0.1) is 5.82 Å². The summed E-state index contributed by atoms with van der Waals surface area (Å²) in [6.07, 6.45) is 0. The predicted molar refractivity (Wildman–Crippen MR) is 104 cm³/mol. The second kappa shape index (κ2) is 7.53. The number of nitrogens with zero attached hydrogens (tertiary/aromatic N) is 2. The number of hydrogen-bond acceptors (Lipinski definition) is 3. The smallest absolute Gasteiger partial charge is 0.124 e. The number of halogens is 1. The van der Waals surface area contributed by atoms with Crippen molar-refractivity contribution in [3.05, 3.63) is 82.6 Å². The van der Waals surface area contributed by atoms with Gasteiger partial charge in [-0.3, -0.25) is 4.99 Å². The normalized spacial score (nSPS) is 11.4. The Morgan fingerprint density at radius 2 is 1.64 bits per heavy atom. The summed E-state index contributed by atoms with van der Waals surface area (Å²) in [6.45, 7) is 6.09. The molecule has 2 nitrogen and oxygen atoms in total. The standard InChI is InChI=1S/C21H19FN2S/c1-14(2)20(16-7-5-4-6-8-16)23-15(3)19-13-25-21(24-19)17-9-11-18(22)12-10-17/h4-13H,1-3H3. The van der Waals surface area contributed by atoms with Crippen molar-refractivity contribution in [1.29, 1.82) is 0 Å². The van der Waals surface area contributed by atoms with E-state index in [0.717, 1.165) is 38.8 Å². The Kier molecular flexibility index (Phi) is 5.19. The molecule has 0 aliphatic rings. The van der Waals surface area contributed by atoms with Crippen molar-refractivity contribution in [2.24, 2.45) is 4.99 Å². The van der Waals surface area contributed by atoms with Crippen molar-refractivity contribution in [2.45, 2.75) is 20.8 Å². The monoisotopic (exact) mass is 350 g/mol. The van der Waals surface area contributed by atoms with E-state index >= 15 is 0 Å². The van der Waals surface area contributed by atoms with Gasteiger partial charge in [-0.15, -0.1) is 11.3 Å². The fraction of sp³-hybridized carbons (Fsp3) is 0.143. The van der Waals surface area contributed by atoms with E-state index < -0.39 is 0 Å². The van der Waals surface area contributed by atoms with Crippen LogP contribution in [0.3, 0.4) is 0 Å². The van der Waals surface area contributed by atoms with Gasteiger partial charge in [0.1, 0.15) is 10.8 Å². The van der Waals surface area contributed by atoms with Crippen LogP contribution in [-0.4, -0.2) is 10.7 Å². The highest BCUT2D eigenvalue weighted by molar-refractivity contribution is 7.13. The molecule has 0 bridgehead atoms. The van der Waals surface area contributed by atoms with E-state index in [4.69, 9.17) is 4.99 Å². The Morgan fingerprint density at radius 3 is 2.28 bits per heavy atom. The highest BCUT2D eigenvalue weighted by atomic mass is 32.1. The Bertz CT molecular complexity index is 918. The second-order valence-corrected chi connectivity index (χ2v) is 6.81. The summed E-state index contributed by atoms with van der Waals surface area (Å²) in [7, 11) is 0. The molecule has 3 aromatic rings. The summed E-state index contributed by atoms with van der Waals surface area (Å²) in [5.41, 5.74) is 5.84. The molecule has 0 saturated heterocycles. The van der Waals surface area contributed by atoms with Gasteiger partial charge in [-0.25, -0.2) is 9.37 Å².